The van der Waals surface area contributed by atoms with Crippen LogP contribution in [0.25, 0.3) is 0 Å². The molecule has 1 rings (SSSR count). The molecule has 0 aromatic heterocycles. The summed E-state index contributed by atoms with van der Waals surface area (Å²) in [5.41, 5.74) is 3.23. The number of rotatable bonds is 3. The molecule has 16 heavy (non-hydrogen) atoms. The minimum absolute atomic E-state index is 0.262. The van der Waals surface area contributed by atoms with Gasteiger partial charge in [-0.2, -0.15) is 0 Å². The van der Waals surface area contributed by atoms with E-state index in [9.17, 15) is 0 Å². The van der Waals surface area contributed by atoms with E-state index in [-0.39, 0.29) is 5.92 Å². The largest absolute Gasteiger partial charge is 0.496 e. The second kappa shape index (κ2) is 5.27. The predicted octanol–water partition coefficient (Wildman–Crippen LogP) is 4.09. The van der Waals surface area contributed by atoms with Crippen molar-refractivity contribution >= 4 is 11.6 Å². The van der Waals surface area contributed by atoms with Gasteiger partial charge >= 0.3 is 0 Å². The fraction of sp³-hybridized carbons (Fsp3) is 0.429. The lowest BCUT2D eigenvalue weighted by Crippen LogP contribution is -2.02. The van der Waals surface area contributed by atoms with Crippen LogP contribution in [0.5, 0.6) is 5.75 Å². The first kappa shape index (κ1) is 12.9. The molecular weight excluding hydrogens is 220 g/mol. The highest BCUT2D eigenvalue weighted by Gasteiger charge is 2.17. The molecule has 1 unspecified atom stereocenters. The molecule has 0 saturated carbocycles. The standard InChI is InChI=1S/C14H17ClO/c1-6-7-9(2)13-11(4)14(15)10(3)8-12(13)16-5/h1,8-9H,7H2,2-5H3. The van der Waals surface area contributed by atoms with E-state index in [1.165, 1.54) is 0 Å². The smallest absolute Gasteiger partial charge is 0.122 e. The molecule has 0 N–H and O–H groups in total. The van der Waals surface area contributed by atoms with Gasteiger partial charge < -0.3 is 4.74 Å². The van der Waals surface area contributed by atoms with Crippen LogP contribution in [0.1, 0.15) is 36.0 Å². The Bertz CT molecular complexity index is 429. The van der Waals surface area contributed by atoms with E-state index in [0.717, 1.165) is 27.5 Å². The summed E-state index contributed by atoms with van der Waals surface area (Å²) in [7, 11) is 1.67. The van der Waals surface area contributed by atoms with Crippen molar-refractivity contribution in [2.24, 2.45) is 0 Å². The molecule has 0 bridgehead atoms. The van der Waals surface area contributed by atoms with Gasteiger partial charge in [-0.25, -0.2) is 0 Å². The lowest BCUT2D eigenvalue weighted by Gasteiger charge is -2.19. The third-order valence-electron chi connectivity index (χ3n) is 2.83. The predicted molar refractivity (Wildman–Crippen MR) is 69.3 cm³/mol. The van der Waals surface area contributed by atoms with Gasteiger partial charge in [-0.3, -0.25) is 0 Å². The molecule has 0 aliphatic carbocycles. The van der Waals surface area contributed by atoms with Crippen molar-refractivity contribution in [1.82, 2.24) is 0 Å². The summed E-state index contributed by atoms with van der Waals surface area (Å²) in [4.78, 5) is 0. The van der Waals surface area contributed by atoms with Gasteiger partial charge in [0.15, 0.2) is 0 Å². The van der Waals surface area contributed by atoms with Crippen molar-refractivity contribution in [3.05, 3.63) is 27.8 Å². The maximum absolute atomic E-state index is 6.25. The van der Waals surface area contributed by atoms with Gasteiger partial charge in [-0.05, 0) is 37.0 Å². The first-order valence-corrected chi connectivity index (χ1v) is 5.67. The Morgan fingerprint density at radius 2 is 2.12 bits per heavy atom. The molecule has 1 atom stereocenters. The number of terminal acetylenes is 1. The van der Waals surface area contributed by atoms with E-state index in [2.05, 4.69) is 12.8 Å². The normalized spacial score (nSPS) is 12.0. The molecule has 0 aliphatic rings. The van der Waals surface area contributed by atoms with Crippen LogP contribution in [0, 0.1) is 26.2 Å². The second-order valence-electron chi connectivity index (χ2n) is 4.06. The third-order valence-corrected chi connectivity index (χ3v) is 3.41. The SMILES string of the molecule is C#CCC(C)c1c(OC)cc(C)c(Cl)c1C. The number of aryl methyl sites for hydroxylation is 1. The summed E-state index contributed by atoms with van der Waals surface area (Å²) in [5.74, 6) is 3.82. The van der Waals surface area contributed by atoms with Gasteiger partial charge in [0.2, 0.25) is 0 Å². The lowest BCUT2D eigenvalue weighted by molar-refractivity contribution is 0.406. The number of benzene rings is 1. The first-order valence-electron chi connectivity index (χ1n) is 5.30. The molecule has 0 radical (unpaired) electrons. The van der Waals surface area contributed by atoms with E-state index in [1.54, 1.807) is 7.11 Å². The zero-order chi connectivity index (χ0) is 12.3. The quantitative estimate of drug-likeness (QED) is 0.719. The van der Waals surface area contributed by atoms with Gasteiger partial charge in [0, 0.05) is 17.0 Å². The molecule has 1 nitrogen and oxygen atoms in total. The van der Waals surface area contributed by atoms with Crippen LogP contribution < -0.4 is 4.74 Å². The summed E-state index contributed by atoms with van der Waals surface area (Å²) >= 11 is 6.25. The fourth-order valence-electron chi connectivity index (χ4n) is 2.00. The summed E-state index contributed by atoms with van der Waals surface area (Å²) in [6, 6.07) is 1.97. The van der Waals surface area contributed by atoms with E-state index in [0.29, 0.717) is 6.42 Å². The van der Waals surface area contributed by atoms with Crippen LogP contribution in [0.4, 0.5) is 0 Å². The zero-order valence-electron chi connectivity index (χ0n) is 10.2. The second-order valence-corrected chi connectivity index (χ2v) is 4.44. The van der Waals surface area contributed by atoms with Gasteiger partial charge in [0.05, 0.1) is 7.11 Å². The summed E-state index contributed by atoms with van der Waals surface area (Å²) in [5, 5.41) is 0.805. The lowest BCUT2D eigenvalue weighted by atomic mass is 9.91. The van der Waals surface area contributed by atoms with E-state index < -0.39 is 0 Å². The highest BCUT2D eigenvalue weighted by Crippen LogP contribution is 2.37. The Labute approximate surface area is 103 Å². The number of ether oxygens (including phenoxy) is 1. The molecule has 86 valence electrons. The summed E-state index contributed by atoms with van der Waals surface area (Å²) < 4.78 is 5.40. The molecule has 1 aromatic rings. The Kier molecular flexibility index (Phi) is 4.26. The minimum atomic E-state index is 0.262. The van der Waals surface area contributed by atoms with E-state index in [4.69, 9.17) is 22.8 Å². The number of methoxy groups -OCH3 is 1. The van der Waals surface area contributed by atoms with Gasteiger partial charge in [-0.15, -0.1) is 12.3 Å². The number of hydrogen-bond acceptors (Lipinski definition) is 1. The summed E-state index contributed by atoms with van der Waals surface area (Å²) in [6.07, 6.45) is 6.04. The topological polar surface area (TPSA) is 9.23 Å². The molecule has 2 heteroatoms. The number of halogens is 1. The monoisotopic (exact) mass is 236 g/mol. The highest BCUT2D eigenvalue weighted by atomic mass is 35.5. The van der Waals surface area contributed by atoms with E-state index in [1.807, 2.05) is 19.9 Å². The number of hydrogen-bond donors (Lipinski definition) is 0. The van der Waals surface area contributed by atoms with Crippen LogP contribution in [0.3, 0.4) is 0 Å². The zero-order valence-corrected chi connectivity index (χ0v) is 11.0. The Balaban J connectivity index is 3.36. The van der Waals surface area contributed by atoms with Crippen molar-refractivity contribution in [1.29, 1.82) is 0 Å². The van der Waals surface area contributed by atoms with Crippen LogP contribution in [-0.4, -0.2) is 7.11 Å². The highest BCUT2D eigenvalue weighted by molar-refractivity contribution is 6.32. The Morgan fingerprint density at radius 3 is 2.62 bits per heavy atom. The molecule has 0 saturated heterocycles. The molecular formula is C14H17ClO. The van der Waals surface area contributed by atoms with Crippen LogP contribution in [0.2, 0.25) is 5.02 Å². The van der Waals surface area contributed by atoms with Crippen LogP contribution >= 0.6 is 11.6 Å². The van der Waals surface area contributed by atoms with E-state index >= 15 is 0 Å². The van der Waals surface area contributed by atoms with Crippen LogP contribution in [-0.2, 0) is 0 Å². The minimum Gasteiger partial charge on any atom is -0.496 e. The van der Waals surface area contributed by atoms with Crippen molar-refractivity contribution in [3.8, 4) is 18.1 Å². The molecule has 1 aromatic carbocycles. The van der Waals surface area contributed by atoms with Crippen molar-refractivity contribution < 1.29 is 4.74 Å². The third kappa shape index (κ3) is 2.33. The van der Waals surface area contributed by atoms with Gasteiger partial charge in [0.25, 0.3) is 0 Å². The fourth-order valence-corrected chi connectivity index (χ4v) is 2.15. The Morgan fingerprint density at radius 1 is 1.50 bits per heavy atom. The molecule has 0 amide bonds. The maximum atomic E-state index is 6.25. The maximum Gasteiger partial charge on any atom is 0.122 e. The average molecular weight is 237 g/mol. The average Bonchev–Trinajstić information content (AvgIpc) is 2.25. The van der Waals surface area contributed by atoms with Gasteiger partial charge in [0.1, 0.15) is 5.75 Å². The first-order chi connectivity index (χ1) is 7.52. The molecule has 0 spiro atoms. The van der Waals surface area contributed by atoms with Gasteiger partial charge in [-0.1, -0.05) is 18.5 Å². The van der Waals surface area contributed by atoms with Crippen LogP contribution in [0.15, 0.2) is 6.07 Å². The van der Waals surface area contributed by atoms with Crippen molar-refractivity contribution in [2.75, 3.05) is 7.11 Å². The molecule has 0 heterocycles. The molecule has 0 fully saturated rings. The Hall–Kier alpha value is -1.13. The molecule has 0 aliphatic heterocycles. The van der Waals surface area contributed by atoms with Crippen molar-refractivity contribution in [3.63, 3.8) is 0 Å². The summed E-state index contributed by atoms with van der Waals surface area (Å²) in [6.45, 7) is 6.09. The van der Waals surface area contributed by atoms with Crippen molar-refractivity contribution in [2.45, 2.75) is 33.1 Å².